The van der Waals surface area contributed by atoms with E-state index in [1.165, 1.54) is 12.7 Å². The second-order valence-electron chi connectivity index (χ2n) is 3.15. The molecule has 84 valence electrons. The van der Waals surface area contributed by atoms with Crippen LogP contribution in [-0.2, 0) is 4.79 Å². The van der Waals surface area contributed by atoms with E-state index in [-0.39, 0.29) is 5.57 Å². The summed E-state index contributed by atoms with van der Waals surface area (Å²) < 4.78 is 0. The maximum absolute atomic E-state index is 11.4. The van der Waals surface area contributed by atoms with Gasteiger partial charge in [0.25, 0.3) is 5.91 Å². The van der Waals surface area contributed by atoms with Crippen molar-refractivity contribution in [3.63, 3.8) is 0 Å². The molecule has 2 N–H and O–H groups in total. The fourth-order valence-corrected chi connectivity index (χ4v) is 1.26. The molecular weight excluding hydrogens is 218 g/mol. The minimum absolute atomic E-state index is 0.283. The largest absolute Gasteiger partial charge is 0.366 e. The Hall–Kier alpha value is -2.63. The van der Waals surface area contributed by atoms with Crippen molar-refractivity contribution >= 4 is 17.6 Å². The summed E-state index contributed by atoms with van der Waals surface area (Å²) in [5.41, 5.74) is 6.64. The second kappa shape index (κ2) is 4.93. The van der Waals surface area contributed by atoms with E-state index in [9.17, 15) is 4.79 Å². The third-order valence-electron chi connectivity index (χ3n) is 2.02. The van der Waals surface area contributed by atoms with Crippen LogP contribution in [-0.4, -0.2) is 25.8 Å². The first-order chi connectivity index (χ1) is 8.27. The number of primary amides is 1. The predicted molar refractivity (Wildman–Crippen MR) is 61.1 cm³/mol. The maximum Gasteiger partial charge on any atom is 0.250 e. The molecule has 2 aromatic heterocycles. The van der Waals surface area contributed by atoms with E-state index in [4.69, 9.17) is 5.73 Å². The van der Waals surface area contributed by atoms with Gasteiger partial charge in [0.1, 0.15) is 12.7 Å². The Kier molecular flexibility index (Phi) is 3.15. The molecule has 0 aliphatic heterocycles. The molecule has 2 aromatic rings. The molecular formula is C11H9N5O. The zero-order chi connectivity index (χ0) is 12.1. The number of hydrogen-bond donors (Lipinski definition) is 1. The van der Waals surface area contributed by atoms with Gasteiger partial charge in [-0.25, -0.2) is 19.9 Å². The lowest BCUT2D eigenvalue weighted by atomic mass is 10.1. The molecule has 0 aromatic carbocycles. The third kappa shape index (κ3) is 2.69. The normalized spacial score (nSPS) is 11.2. The van der Waals surface area contributed by atoms with Gasteiger partial charge in [-0.3, -0.25) is 4.79 Å². The molecule has 0 unspecified atom stereocenters. The molecule has 0 atom stereocenters. The number of carbonyl (C=O) groups excluding carboxylic acids is 1. The smallest absolute Gasteiger partial charge is 0.250 e. The van der Waals surface area contributed by atoms with E-state index in [0.29, 0.717) is 11.4 Å². The van der Waals surface area contributed by atoms with Crippen LogP contribution in [0.25, 0.3) is 11.6 Å². The van der Waals surface area contributed by atoms with Gasteiger partial charge >= 0.3 is 0 Å². The van der Waals surface area contributed by atoms with Gasteiger partial charge in [0.05, 0.1) is 17.0 Å². The fraction of sp³-hybridized carbons (Fsp3) is 0. The molecule has 2 rings (SSSR count). The van der Waals surface area contributed by atoms with Crippen LogP contribution in [0, 0.1) is 0 Å². The van der Waals surface area contributed by atoms with Crippen LogP contribution in [0.2, 0.25) is 0 Å². The summed E-state index contributed by atoms with van der Waals surface area (Å²) in [5, 5.41) is 0. The Morgan fingerprint density at radius 3 is 2.35 bits per heavy atom. The van der Waals surface area contributed by atoms with E-state index in [1.54, 1.807) is 30.6 Å². The van der Waals surface area contributed by atoms with Crippen LogP contribution in [0.15, 0.2) is 37.2 Å². The van der Waals surface area contributed by atoms with Crippen LogP contribution in [0.1, 0.15) is 11.4 Å². The molecule has 0 fully saturated rings. The van der Waals surface area contributed by atoms with Crippen molar-refractivity contribution < 1.29 is 4.79 Å². The zero-order valence-electron chi connectivity index (χ0n) is 8.82. The summed E-state index contributed by atoms with van der Waals surface area (Å²) in [4.78, 5) is 26.9. The molecule has 0 saturated carbocycles. The lowest BCUT2D eigenvalue weighted by Crippen LogP contribution is -2.13. The maximum atomic E-state index is 11.4. The first kappa shape index (κ1) is 10.9. The van der Waals surface area contributed by atoms with Gasteiger partial charge in [0.15, 0.2) is 0 Å². The summed E-state index contributed by atoms with van der Waals surface area (Å²) in [6, 6.07) is 3.28. The van der Waals surface area contributed by atoms with Gasteiger partial charge in [-0.05, 0) is 18.2 Å². The molecule has 0 spiro atoms. The molecule has 0 aliphatic rings. The topological polar surface area (TPSA) is 94.7 Å². The standard InChI is InChI=1S/C11H9N5O/c12-11(17)9(10-2-4-14-7-16-10)5-8-1-3-13-6-15-8/h1-7H,(H2,12,17). The van der Waals surface area contributed by atoms with Crippen molar-refractivity contribution in [3.05, 3.63) is 48.6 Å². The SMILES string of the molecule is NC(=O)C(=Cc1ccncn1)c1ccncn1. The molecule has 1 amide bonds. The molecule has 6 nitrogen and oxygen atoms in total. The van der Waals surface area contributed by atoms with Crippen LogP contribution in [0.5, 0.6) is 0 Å². The zero-order valence-corrected chi connectivity index (χ0v) is 8.82. The molecule has 17 heavy (non-hydrogen) atoms. The lowest BCUT2D eigenvalue weighted by molar-refractivity contribution is -0.112. The molecule has 2 heterocycles. The Morgan fingerprint density at radius 1 is 1.12 bits per heavy atom. The highest BCUT2D eigenvalue weighted by Crippen LogP contribution is 2.13. The number of nitrogens with zero attached hydrogens (tertiary/aromatic N) is 4. The molecule has 6 heteroatoms. The molecule has 0 radical (unpaired) electrons. The average Bonchev–Trinajstić information content (AvgIpc) is 2.38. The number of nitrogens with two attached hydrogens (primary N) is 1. The first-order valence-electron chi connectivity index (χ1n) is 4.81. The van der Waals surface area contributed by atoms with Crippen molar-refractivity contribution in [1.29, 1.82) is 0 Å². The van der Waals surface area contributed by atoms with E-state index < -0.39 is 5.91 Å². The minimum atomic E-state index is -0.567. The van der Waals surface area contributed by atoms with Gasteiger partial charge in [0, 0.05) is 12.4 Å². The summed E-state index contributed by atoms with van der Waals surface area (Å²) in [5.74, 6) is -0.567. The van der Waals surface area contributed by atoms with Crippen molar-refractivity contribution in [2.45, 2.75) is 0 Å². The fourth-order valence-electron chi connectivity index (χ4n) is 1.26. The van der Waals surface area contributed by atoms with Crippen LogP contribution in [0.3, 0.4) is 0 Å². The number of rotatable bonds is 3. The minimum Gasteiger partial charge on any atom is -0.366 e. The summed E-state index contributed by atoms with van der Waals surface area (Å²) >= 11 is 0. The summed E-state index contributed by atoms with van der Waals surface area (Å²) in [6.45, 7) is 0. The summed E-state index contributed by atoms with van der Waals surface area (Å²) in [6.07, 6.45) is 7.43. The third-order valence-corrected chi connectivity index (χ3v) is 2.02. The van der Waals surface area contributed by atoms with Crippen LogP contribution < -0.4 is 5.73 Å². The van der Waals surface area contributed by atoms with E-state index in [2.05, 4.69) is 19.9 Å². The van der Waals surface area contributed by atoms with Crippen LogP contribution >= 0.6 is 0 Å². The highest BCUT2D eigenvalue weighted by molar-refractivity contribution is 6.22. The first-order valence-corrected chi connectivity index (χ1v) is 4.81. The lowest BCUT2D eigenvalue weighted by Gasteiger charge is -2.01. The molecule has 0 aliphatic carbocycles. The predicted octanol–water partition coefficient (Wildman–Crippen LogP) is 0.293. The van der Waals surface area contributed by atoms with E-state index in [0.717, 1.165) is 0 Å². The highest BCUT2D eigenvalue weighted by atomic mass is 16.1. The van der Waals surface area contributed by atoms with Crippen molar-refractivity contribution in [1.82, 2.24) is 19.9 Å². The number of hydrogen-bond acceptors (Lipinski definition) is 5. The number of amides is 1. The number of aromatic nitrogens is 4. The average molecular weight is 227 g/mol. The Labute approximate surface area is 97.3 Å². The monoisotopic (exact) mass is 227 g/mol. The highest BCUT2D eigenvalue weighted by Gasteiger charge is 2.09. The Balaban J connectivity index is 2.44. The molecule has 0 bridgehead atoms. The van der Waals surface area contributed by atoms with Gasteiger partial charge in [-0.1, -0.05) is 0 Å². The molecule has 0 saturated heterocycles. The van der Waals surface area contributed by atoms with Crippen molar-refractivity contribution in [2.24, 2.45) is 5.73 Å². The van der Waals surface area contributed by atoms with E-state index in [1.807, 2.05) is 0 Å². The van der Waals surface area contributed by atoms with Gasteiger partial charge in [-0.15, -0.1) is 0 Å². The van der Waals surface area contributed by atoms with Gasteiger partial charge in [0.2, 0.25) is 0 Å². The van der Waals surface area contributed by atoms with E-state index >= 15 is 0 Å². The van der Waals surface area contributed by atoms with Crippen molar-refractivity contribution in [2.75, 3.05) is 0 Å². The number of carbonyl (C=O) groups is 1. The van der Waals surface area contributed by atoms with Gasteiger partial charge in [-0.2, -0.15) is 0 Å². The quantitative estimate of drug-likeness (QED) is 0.760. The Morgan fingerprint density at radius 2 is 1.82 bits per heavy atom. The second-order valence-corrected chi connectivity index (χ2v) is 3.15. The van der Waals surface area contributed by atoms with Crippen molar-refractivity contribution in [3.8, 4) is 0 Å². The van der Waals surface area contributed by atoms with Gasteiger partial charge < -0.3 is 5.73 Å². The Bertz CT molecular complexity index is 538. The summed E-state index contributed by atoms with van der Waals surface area (Å²) in [7, 11) is 0. The van der Waals surface area contributed by atoms with Crippen LogP contribution in [0.4, 0.5) is 0 Å².